The SMILES string of the molecule is c1[nH]nc2c1SSSSS2. The van der Waals surface area contributed by atoms with Crippen LogP contribution < -0.4 is 0 Å². The van der Waals surface area contributed by atoms with Gasteiger partial charge < -0.3 is 0 Å². The van der Waals surface area contributed by atoms with Crippen molar-refractivity contribution in [3.05, 3.63) is 6.20 Å². The lowest BCUT2D eigenvalue weighted by Crippen LogP contribution is -1.66. The minimum Gasteiger partial charge on any atom is -0.283 e. The number of hydrogen-bond donors (Lipinski definition) is 1. The van der Waals surface area contributed by atoms with Crippen LogP contribution in [0.2, 0.25) is 0 Å². The second-order valence-electron chi connectivity index (χ2n) is 1.43. The fourth-order valence-electron chi connectivity index (χ4n) is 0.494. The molecule has 0 saturated carbocycles. The zero-order valence-corrected chi connectivity index (χ0v) is 8.65. The molecule has 0 fully saturated rings. The van der Waals surface area contributed by atoms with Crippen molar-refractivity contribution in [3.8, 4) is 0 Å². The molecule has 0 atom stereocenters. The van der Waals surface area contributed by atoms with Gasteiger partial charge in [0.05, 0.1) is 4.90 Å². The summed E-state index contributed by atoms with van der Waals surface area (Å²) in [7, 11) is 8.79. The van der Waals surface area contributed by atoms with Crippen molar-refractivity contribution in [3.63, 3.8) is 0 Å². The number of nitrogens with one attached hydrogen (secondary N) is 1. The van der Waals surface area contributed by atoms with Gasteiger partial charge in [0.2, 0.25) is 0 Å². The minimum absolute atomic E-state index is 1.10. The lowest BCUT2D eigenvalue weighted by molar-refractivity contribution is 0.995. The van der Waals surface area contributed by atoms with E-state index in [-0.39, 0.29) is 0 Å². The molecule has 0 unspecified atom stereocenters. The van der Waals surface area contributed by atoms with Crippen LogP contribution in [0.25, 0.3) is 0 Å². The van der Waals surface area contributed by atoms with Crippen LogP contribution in [0, 0.1) is 0 Å². The molecular formula is C3H2N2S5. The maximum Gasteiger partial charge on any atom is 0.144 e. The van der Waals surface area contributed by atoms with E-state index in [0.717, 1.165) is 5.03 Å². The van der Waals surface area contributed by atoms with E-state index in [2.05, 4.69) is 10.2 Å². The second-order valence-corrected chi connectivity index (χ2v) is 8.89. The van der Waals surface area contributed by atoms with Crippen molar-refractivity contribution >= 4 is 51.1 Å². The Balaban J connectivity index is 2.28. The van der Waals surface area contributed by atoms with Gasteiger partial charge in [0.1, 0.15) is 5.03 Å². The Morgan fingerprint density at radius 2 is 2.10 bits per heavy atom. The van der Waals surface area contributed by atoms with Gasteiger partial charge in [0, 0.05) is 6.20 Å². The van der Waals surface area contributed by atoms with Gasteiger partial charge in [0.25, 0.3) is 0 Å². The third kappa shape index (κ3) is 1.58. The lowest BCUT2D eigenvalue weighted by atomic mass is 10.7. The van der Waals surface area contributed by atoms with Gasteiger partial charge >= 0.3 is 0 Å². The molecule has 0 aliphatic carbocycles. The molecule has 0 bridgehead atoms. The van der Waals surface area contributed by atoms with E-state index in [1.165, 1.54) is 4.90 Å². The standard InChI is InChI=1S/C3H2N2S5/c1-2-3(5-4-1)7-9-10-8-6-2/h1H,(H,4,5). The van der Waals surface area contributed by atoms with E-state index in [4.69, 9.17) is 0 Å². The van der Waals surface area contributed by atoms with Crippen LogP contribution in [-0.4, -0.2) is 10.2 Å². The molecule has 1 aromatic heterocycles. The van der Waals surface area contributed by atoms with Crippen LogP contribution in [0.4, 0.5) is 0 Å². The summed E-state index contributed by atoms with van der Waals surface area (Å²) in [6, 6.07) is 0. The van der Waals surface area contributed by atoms with E-state index < -0.39 is 0 Å². The minimum atomic E-state index is 1.10. The van der Waals surface area contributed by atoms with E-state index in [9.17, 15) is 0 Å². The van der Waals surface area contributed by atoms with E-state index in [1.54, 1.807) is 51.1 Å². The zero-order chi connectivity index (χ0) is 6.81. The third-order valence-corrected chi connectivity index (χ3v) is 9.18. The molecule has 0 spiro atoms. The van der Waals surface area contributed by atoms with Crippen molar-refractivity contribution in [2.75, 3.05) is 0 Å². The highest BCUT2D eigenvalue weighted by molar-refractivity contribution is 9.36. The van der Waals surface area contributed by atoms with E-state index >= 15 is 0 Å². The Labute approximate surface area is 77.0 Å². The topological polar surface area (TPSA) is 28.7 Å². The summed E-state index contributed by atoms with van der Waals surface area (Å²) in [6.45, 7) is 0. The molecule has 1 N–H and O–H groups in total. The second kappa shape index (κ2) is 3.57. The highest BCUT2D eigenvalue weighted by atomic mass is 33.8. The van der Waals surface area contributed by atoms with Gasteiger partial charge in [-0.3, -0.25) is 5.10 Å². The number of fused-ring (bicyclic) bond motifs is 1. The van der Waals surface area contributed by atoms with Crippen LogP contribution >= 0.6 is 51.1 Å². The summed E-state index contributed by atoms with van der Waals surface area (Å²) in [5.74, 6) is 0. The summed E-state index contributed by atoms with van der Waals surface area (Å²) in [6.07, 6.45) is 1.94. The fraction of sp³-hybridized carbons (Fsp3) is 0. The molecule has 1 aliphatic heterocycles. The first-order valence-corrected chi connectivity index (χ1v) is 8.50. The molecule has 54 valence electrons. The van der Waals surface area contributed by atoms with Gasteiger partial charge in [-0.25, -0.2) is 0 Å². The summed E-state index contributed by atoms with van der Waals surface area (Å²) >= 11 is 0. The predicted molar refractivity (Wildman–Crippen MR) is 53.1 cm³/mol. The summed E-state index contributed by atoms with van der Waals surface area (Å²) in [5, 5.41) is 8.03. The lowest BCUT2D eigenvalue weighted by Gasteiger charge is -1.86. The van der Waals surface area contributed by atoms with Crippen LogP contribution in [0.1, 0.15) is 0 Å². The third-order valence-electron chi connectivity index (χ3n) is 0.865. The fourth-order valence-corrected chi connectivity index (χ4v) is 9.03. The number of aromatic amines is 1. The maximum atomic E-state index is 4.09. The van der Waals surface area contributed by atoms with Gasteiger partial charge in [0.15, 0.2) is 0 Å². The molecule has 2 heterocycles. The Morgan fingerprint density at radius 1 is 1.20 bits per heavy atom. The van der Waals surface area contributed by atoms with Crippen molar-refractivity contribution in [2.24, 2.45) is 0 Å². The van der Waals surface area contributed by atoms with Crippen molar-refractivity contribution in [1.29, 1.82) is 0 Å². The first kappa shape index (κ1) is 7.60. The molecule has 10 heavy (non-hydrogen) atoms. The molecule has 7 heteroatoms. The number of aromatic nitrogens is 2. The normalized spacial score (nSPS) is 18.0. The molecule has 0 aromatic carbocycles. The van der Waals surface area contributed by atoms with Gasteiger partial charge in [-0.05, 0) is 51.1 Å². The van der Waals surface area contributed by atoms with Gasteiger partial charge in [-0.15, -0.1) is 0 Å². The maximum absolute atomic E-state index is 4.09. The molecule has 1 aromatic rings. The molecule has 2 nitrogen and oxygen atoms in total. The number of rotatable bonds is 0. The van der Waals surface area contributed by atoms with Crippen molar-refractivity contribution < 1.29 is 0 Å². The average molecular weight is 226 g/mol. The monoisotopic (exact) mass is 226 g/mol. The number of hydrogen-bond acceptors (Lipinski definition) is 6. The number of H-pyrrole nitrogens is 1. The number of nitrogens with zero attached hydrogens (tertiary/aromatic N) is 1. The van der Waals surface area contributed by atoms with Crippen molar-refractivity contribution in [1.82, 2.24) is 10.2 Å². The Bertz CT molecular complexity index is 202. The molecule has 2 rings (SSSR count). The average Bonchev–Trinajstić information content (AvgIpc) is 2.28. The van der Waals surface area contributed by atoms with Gasteiger partial charge in [-0.2, -0.15) is 5.10 Å². The van der Waals surface area contributed by atoms with Gasteiger partial charge in [-0.1, -0.05) is 0 Å². The van der Waals surface area contributed by atoms with Crippen LogP contribution in [0.5, 0.6) is 0 Å². The summed E-state index contributed by atoms with van der Waals surface area (Å²) < 4.78 is 0. The molecule has 0 radical (unpaired) electrons. The predicted octanol–water partition coefficient (Wildman–Crippen LogP) is 3.47. The molecular weight excluding hydrogens is 224 g/mol. The molecule has 0 saturated heterocycles. The molecule has 1 aliphatic rings. The smallest absolute Gasteiger partial charge is 0.144 e. The zero-order valence-electron chi connectivity index (χ0n) is 4.57. The largest absolute Gasteiger partial charge is 0.283 e. The van der Waals surface area contributed by atoms with Crippen LogP contribution in [-0.2, 0) is 0 Å². The highest BCUT2D eigenvalue weighted by Gasteiger charge is 2.12. The summed E-state index contributed by atoms with van der Waals surface area (Å²) in [4.78, 5) is 1.24. The van der Waals surface area contributed by atoms with Crippen LogP contribution in [0.3, 0.4) is 0 Å². The first-order valence-electron chi connectivity index (χ1n) is 2.35. The summed E-state index contributed by atoms with van der Waals surface area (Å²) in [5.41, 5.74) is 0. The van der Waals surface area contributed by atoms with E-state index in [0.29, 0.717) is 0 Å². The quantitative estimate of drug-likeness (QED) is 0.681. The Morgan fingerprint density at radius 3 is 3.10 bits per heavy atom. The van der Waals surface area contributed by atoms with E-state index in [1.807, 2.05) is 6.20 Å². The Kier molecular flexibility index (Phi) is 2.72. The Hall–Kier alpha value is 0.960. The van der Waals surface area contributed by atoms with Crippen LogP contribution in [0.15, 0.2) is 16.1 Å². The van der Waals surface area contributed by atoms with Crippen molar-refractivity contribution in [2.45, 2.75) is 9.92 Å². The highest BCUT2D eigenvalue weighted by Crippen LogP contribution is 2.58. The molecule has 0 amide bonds. The first-order chi connectivity index (χ1) is 4.97.